The van der Waals surface area contributed by atoms with Gasteiger partial charge in [-0.15, -0.1) is 0 Å². The van der Waals surface area contributed by atoms with Crippen LogP contribution in [0.2, 0.25) is 5.15 Å². The van der Waals surface area contributed by atoms with Crippen LogP contribution in [-0.4, -0.2) is 15.9 Å². The Hall–Kier alpha value is -1.16. The molecule has 1 aromatic heterocycles. The van der Waals surface area contributed by atoms with Gasteiger partial charge in [0.15, 0.2) is 0 Å². The number of fused-ring (bicyclic) bond motifs is 1. The Bertz CT molecular complexity index is 366. The number of hydrogen-bond donors (Lipinski definition) is 1. The number of rotatable bonds is 1. The van der Waals surface area contributed by atoms with Crippen LogP contribution in [0.4, 0.5) is 5.82 Å². The van der Waals surface area contributed by atoms with Gasteiger partial charge in [0, 0.05) is 5.56 Å². The third kappa shape index (κ3) is 1.18. The van der Waals surface area contributed by atoms with Crippen LogP contribution in [0.1, 0.15) is 24.8 Å². The van der Waals surface area contributed by atoms with E-state index in [1.54, 1.807) is 0 Å². The van der Waals surface area contributed by atoms with E-state index in [-0.39, 0.29) is 11.8 Å². The van der Waals surface area contributed by atoms with Crippen molar-refractivity contribution in [2.45, 2.75) is 19.3 Å². The Kier molecular flexibility index (Phi) is 1.92. The molecule has 1 atom stereocenters. The zero-order valence-electron chi connectivity index (χ0n) is 7.04. The highest BCUT2D eigenvalue weighted by atomic mass is 35.5. The van der Waals surface area contributed by atoms with Gasteiger partial charge in [-0.3, -0.25) is 4.79 Å². The molecule has 2 rings (SSSR count). The van der Waals surface area contributed by atoms with Gasteiger partial charge in [-0.25, -0.2) is 9.97 Å². The van der Waals surface area contributed by atoms with Crippen LogP contribution < -0.4 is 5.32 Å². The number of nitrogens with zero attached hydrogens (tertiary/aromatic N) is 2. The summed E-state index contributed by atoms with van der Waals surface area (Å²) in [6.45, 7) is 1.93. The van der Waals surface area contributed by atoms with Gasteiger partial charge in [0.1, 0.15) is 17.3 Å². The summed E-state index contributed by atoms with van der Waals surface area (Å²) in [7, 11) is 0. The molecule has 0 bridgehead atoms. The molecule has 2 heterocycles. The zero-order valence-corrected chi connectivity index (χ0v) is 7.80. The summed E-state index contributed by atoms with van der Waals surface area (Å²) >= 11 is 5.87. The molecule has 13 heavy (non-hydrogen) atoms. The minimum absolute atomic E-state index is 0.0418. The fourth-order valence-electron chi connectivity index (χ4n) is 1.51. The van der Waals surface area contributed by atoms with Crippen molar-refractivity contribution in [3.05, 3.63) is 17.0 Å². The summed E-state index contributed by atoms with van der Waals surface area (Å²) in [5, 5.41) is 3.04. The van der Waals surface area contributed by atoms with Crippen molar-refractivity contribution < 1.29 is 4.79 Å². The SMILES string of the molecule is CCC1C(=O)Nc2ncnc(Cl)c21. The van der Waals surface area contributed by atoms with Gasteiger partial charge in [0.25, 0.3) is 0 Å². The van der Waals surface area contributed by atoms with Crippen molar-refractivity contribution in [2.24, 2.45) is 0 Å². The molecular formula is C8H8ClN3O. The molecule has 1 aliphatic heterocycles. The molecule has 1 amide bonds. The van der Waals surface area contributed by atoms with E-state index in [1.807, 2.05) is 6.92 Å². The van der Waals surface area contributed by atoms with Crippen LogP contribution in [0.3, 0.4) is 0 Å². The molecular weight excluding hydrogens is 190 g/mol. The summed E-state index contributed by atoms with van der Waals surface area (Å²) in [5.74, 6) is 0.320. The molecule has 68 valence electrons. The largest absolute Gasteiger partial charge is 0.310 e. The third-order valence-corrected chi connectivity index (χ3v) is 2.45. The minimum atomic E-state index is -0.191. The first-order valence-electron chi connectivity index (χ1n) is 4.05. The molecule has 0 saturated heterocycles. The molecule has 5 heteroatoms. The highest BCUT2D eigenvalue weighted by Gasteiger charge is 2.32. The summed E-state index contributed by atoms with van der Waals surface area (Å²) in [6.07, 6.45) is 2.06. The van der Waals surface area contributed by atoms with Crippen molar-refractivity contribution >= 4 is 23.3 Å². The first-order valence-corrected chi connectivity index (χ1v) is 4.43. The number of carbonyl (C=O) groups excluding carboxylic acids is 1. The Balaban J connectivity index is 2.55. The van der Waals surface area contributed by atoms with Gasteiger partial charge in [0.2, 0.25) is 5.91 Å². The smallest absolute Gasteiger partial charge is 0.233 e. The van der Waals surface area contributed by atoms with Gasteiger partial charge in [0.05, 0.1) is 5.92 Å². The standard InChI is InChI=1S/C8H8ClN3O/c1-2-4-5-6(9)10-3-11-7(5)12-8(4)13/h3-4H,2H2,1H3,(H,10,11,12,13). The maximum Gasteiger partial charge on any atom is 0.233 e. The van der Waals surface area contributed by atoms with E-state index >= 15 is 0 Å². The highest BCUT2D eigenvalue weighted by Crippen LogP contribution is 2.36. The van der Waals surface area contributed by atoms with Crippen molar-refractivity contribution in [3.8, 4) is 0 Å². The zero-order chi connectivity index (χ0) is 9.42. The lowest BCUT2D eigenvalue weighted by atomic mass is 10.0. The number of anilines is 1. The predicted molar refractivity (Wildman–Crippen MR) is 48.7 cm³/mol. The van der Waals surface area contributed by atoms with Crippen molar-refractivity contribution in [1.82, 2.24) is 9.97 Å². The van der Waals surface area contributed by atoms with Crippen LogP contribution in [0.25, 0.3) is 0 Å². The summed E-state index contributed by atoms with van der Waals surface area (Å²) in [4.78, 5) is 19.2. The summed E-state index contributed by atoms with van der Waals surface area (Å²) in [5.41, 5.74) is 0.733. The number of amides is 1. The van der Waals surface area contributed by atoms with E-state index in [0.717, 1.165) is 5.56 Å². The maximum absolute atomic E-state index is 11.4. The minimum Gasteiger partial charge on any atom is -0.310 e. The van der Waals surface area contributed by atoms with Crippen LogP contribution in [0, 0.1) is 0 Å². The fraction of sp³-hybridized carbons (Fsp3) is 0.375. The van der Waals surface area contributed by atoms with E-state index in [9.17, 15) is 4.79 Å². The number of hydrogen-bond acceptors (Lipinski definition) is 3. The topological polar surface area (TPSA) is 54.9 Å². The van der Waals surface area contributed by atoms with Crippen LogP contribution >= 0.6 is 11.6 Å². The number of carbonyl (C=O) groups is 1. The van der Waals surface area contributed by atoms with E-state index in [4.69, 9.17) is 11.6 Å². The monoisotopic (exact) mass is 197 g/mol. The van der Waals surface area contributed by atoms with Crippen LogP contribution in [0.15, 0.2) is 6.33 Å². The van der Waals surface area contributed by atoms with E-state index in [1.165, 1.54) is 6.33 Å². The molecule has 0 aromatic carbocycles. The molecule has 1 aliphatic rings. The van der Waals surface area contributed by atoms with Gasteiger partial charge >= 0.3 is 0 Å². The molecule has 0 spiro atoms. The van der Waals surface area contributed by atoms with Crippen molar-refractivity contribution in [3.63, 3.8) is 0 Å². The molecule has 4 nitrogen and oxygen atoms in total. The normalized spacial score (nSPS) is 19.8. The predicted octanol–water partition coefficient (Wildman–Crippen LogP) is 1.58. The average molecular weight is 198 g/mol. The maximum atomic E-state index is 11.4. The quantitative estimate of drug-likeness (QED) is 0.696. The third-order valence-electron chi connectivity index (χ3n) is 2.15. The Morgan fingerprint density at radius 3 is 3.08 bits per heavy atom. The second kappa shape index (κ2) is 2.96. The lowest BCUT2D eigenvalue weighted by molar-refractivity contribution is -0.117. The lowest BCUT2D eigenvalue weighted by Gasteiger charge is -2.04. The number of nitrogens with one attached hydrogen (secondary N) is 1. The molecule has 1 N–H and O–H groups in total. The van der Waals surface area contributed by atoms with Gasteiger partial charge in [-0.05, 0) is 6.42 Å². The van der Waals surface area contributed by atoms with Crippen molar-refractivity contribution in [1.29, 1.82) is 0 Å². The highest BCUT2D eigenvalue weighted by molar-refractivity contribution is 6.31. The average Bonchev–Trinajstić information content (AvgIpc) is 2.42. The molecule has 0 saturated carbocycles. The van der Waals surface area contributed by atoms with Gasteiger partial charge < -0.3 is 5.32 Å². The Morgan fingerprint density at radius 1 is 1.62 bits per heavy atom. The van der Waals surface area contributed by atoms with Gasteiger partial charge in [-0.1, -0.05) is 18.5 Å². The number of halogens is 1. The molecule has 1 unspecified atom stereocenters. The second-order valence-electron chi connectivity index (χ2n) is 2.88. The molecule has 0 radical (unpaired) electrons. The fourth-order valence-corrected chi connectivity index (χ4v) is 1.77. The Morgan fingerprint density at radius 2 is 2.38 bits per heavy atom. The van der Waals surface area contributed by atoms with Crippen LogP contribution in [0.5, 0.6) is 0 Å². The van der Waals surface area contributed by atoms with Crippen molar-refractivity contribution in [2.75, 3.05) is 5.32 Å². The number of aromatic nitrogens is 2. The van der Waals surface area contributed by atoms with E-state index < -0.39 is 0 Å². The van der Waals surface area contributed by atoms with Crippen LogP contribution in [-0.2, 0) is 4.79 Å². The van der Waals surface area contributed by atoms with E-state index in [2.05, 4.69) is 15.3 Å². The molecule has 0 aliphatic carbocycles. The molecule has 0 fully saturated rings. The first-order chi connectivity index (χ1) is 6.24. The summed E-state index contributed by atoms with van der Waals surface area (Å²) < 4.78 is 0. The first kappa shape index (κ1) is 8.44. The molecule has 1 aromatic rings. The summed E-state index contributed by atoms with van der Waals surface area (Å²) in [6, 6.07) is 0. The van der Waals surface area contributed by atoms with E-state index in [0.29, 0.717) is 17.4 Å². The van der Waals surface area contributed by atoms with Gasteiger partial charge in [-0.2, -0.15) is 0 Å². The lowest BCUT2D eigenvalue weighted by Crippen LogP contribution is -2.11. The second-order valence-corrected chi connectivity index (χ2v) is 3.23. The Labute approximate surface area is 80.3 Å².